The van der Waals surface area contributed by atoms with E-state index in [0.29, 0.717) is 0 Å². The zero-order valence-corrected chi connectivity index (χ0v) is 9.78. The van der Waals surface area contributed by atoms with E-state index >= 15 is 0 Å². The Morgan fingerprint density at radius 3 is 2.87 bits per heavy atom. The molecule has 3 aliphatic heterocycles. The Balaban J connectivity index is 1.70. The van der Waals surface area contributed by atoms with E-state index in [2.05, 4.69) is 22.0 Å². The van der Waals surface area contributed by atoms with Gasteiger partial charge in [-0.25, -0.2) is 0 Å². The molecule has 3 rings (SSSR count). The summed E-state index contributed by atoms with van der Waals surface area (Å²) in [5.41, 5.74) is 0. The lowest BCUT2D eigenvalue weighted by atomic mass is 10.0. The topological polar surface area (TPSA) is 18.5 Å². The Hall–Kier alpha value is -0.120. The standard InChI is InChI=1S/C12H23N3/c1-10-9-13-5-8-15(10)12-4-7-14-6-2-3-11(12)14/h10-13H,2-9H2,1H3. The Morgan fingerprint density at radius 1 is 1.07 bits per heavy atom. The first kappa shape index (κ1) is 10.1. The lowest BCUT2D eigenvalue weighted by Crippen LogP contribution is -2.56. The van der Waals surface area contributed by atoms with E-state index in [1.807, 2.05) is 0 Å². The van der Waals surface area contributed by atoms with Gasteiger partial charge in [-0.1, -0.05) is 0 Å². The molecule has 3 heteroatoms. The highest BCUT2D eigenvalue weighted by molar-refractivity contribution is 4.99. The van der Waals surface area contributed by atoms with Gasteiger partial charge < -0.3 is 5.32 Å². The maximum atomic E-state index is 3.49. The van der Waals surface area contributed by atoms with E-state index in [1.165, 1.54) is 52.0 Å². The van der Waals surface area contributed by atoms with Crippen LogP contribution in [0.15, 0.2) is 0 Å². The molecule has 15 heavy (non-hydrogen) atoms. The number of hydrogen-bond donors (Lipinski definition) is 1. The van der Waals surface area contributed by atoms with Crippen LogP contribution in [-0.2, 0) is 0 Å². The maximum absolute atomic E-state index is 3.49. The molecular formula is C12H23N3. The summed E-state index contributed by atoms with van der Waals surface area (Å²) in [6.45, 7) is 8.73. The lowest BCUT2D eigenvalue weighted by Gasteiger charge is -2.40. The van der Waals surface area contributed by atoms with E-state index < -0.39 is 0 Å². The van der Waals surface area contributed by atoms with E-state index in [-0.39, 0.29) is 0 Å². The molecule has 3 fully saturated rings. The number of piperazine rings is 1. The average Bonchev–Trinajstić information content (AvgIpc) is 2.80. The van der Waals surface area contributed by atoms with Crippen molar-refractivity contribution in [1.82, 2.24) is 15.1 Å². The van der Waals surface area contributed by atoms with E-state index in [0.717, 1.165) is 18.1 Å². The lowest BCUT2D eigenvalue weighted by molar-refractivity contribution is 0.0961. The minimum Gasteiger partial charge on any atom is -0.314 e. The first-order valence-electron chi connectivity index (χ1n) is 6.57. The molecule has 3 aliphatic rings. The van der Waals surface area contributed by atoms with Crippen molar-refractivity contribution in [3.05, 3.63) is 0 Å². The third kappa shape index (κ3) is 1.71. The van der Waals surface area contributed by atoms with Gasteiger partial charge in [-0.2, -0.15) is 0 Å². The second-order valence-electron chi connectivity index (χ2n) is 5.39. The highest BCUT2D eigenvalue weighted by Gasteiger charge is 2.41. The zero-order chi connectivity index (χ0) is 10.3. The van der Waals surface area contributed by atoms with Gasteiger partial charge in [0.05, 0.1) is 0 Å². The van der Waals surface area contributed by atoms with Crippen molar-refractivity contribution in [3.8, 4) is 0 Å². The molecule has 3 saturated heterocycles. The second kappa shape index (κ2) is 4.04. The summed E-state index contributed by atoms with van der Waals surface area (Å²) in [4.78, 5) is 5.49. The Morgan fingerprint density at radius 2 is 2.00 bits per heavy atom. The van der Waals surface area contributed by atoms with Crippen LogP contribution in [0.4, 0.5) is 0 Å². The Kier molecular flexibility index (Phi) is 2.71. The van der Waals surface area contributed by atoms with Gasteiger partial charge in [0.2, 0.25) is 0 Å². The number of nitrogens with one attached hydrogen (secondary N) is 1. The smallest absolute Gasteiger partial charge is 0.0267 e. The molecule has 3 heterocycles. The molecule has 0 radical (unpaired) electrons. The molecule has 0 aromatic rings. The minimum absolute atomic E-state index is 0.740. The van der Waals surface area contributed by atoms with Crippen molar-refractivity contribution in [2.24, 2.45) is 0 Å². The highest BCUT2D eigenvalue weighted by atomic mass is 15.3. The zero-order valence-electron chi connectivity index (χ0n) is 9.78. The molecule has 0 saturated carbocycles. The van der Waals surface area contributed by atoms with Gasteiger partial charge in [0, 0.05) is 44.3 Å². The molecule has 1 N–H and O–H groups in total. The molecule has 0 aliphatic carbocycles. The minimum atomic E-state index is 0.740. The van der Waals surface area contributed by atoms with Gasteiger partial charge in [0.1, 0.15) is 0 Å². The van der Waals surface area contributed by atoms with Gasteiger partial charge in [-0.15, -0.1) is 0 Å². The van der Waals surface area contributed by atoms with Gasteiger partial charge in [0.15, 0.2) is 0 Å². The summed E-state index contributed by atoms with van der Waals surface area (Å²) in [7, 11) is 0. The van der Waals surface area contributed by atoms with E-state index in [1.54, 1.807) is 0 Å². The fourth-order valence-electron chi connectivity index (χ4n) is 3.79. The molecule has 0 amide bonds. The predicted molar refractivity (Wildman–Crippen MR) is 62.0 cm³/mol. The van der Waals surface area contributed by atoms with Crippen molar-refractivity contribution < 1.29 is 0 Å². The van der Waals surface area contributed by atoms with Gasteiger partial charge in [-0.3, -0.25) is 9.80 Å². The summed E-state index contributed by atoms with van der Waals surface area (Å²) < 4.78 is 0. The Bertz CT molecular complexity index is 231. The van der Waals surface area contributed by atoms with Crippen molar-refractivity contribution >= 4 is 0 Å². The molecule has 0 bridgehead atoms. The predicted octanol–water partition coefficient (Wildman–Crippen LogP) is 0.517. The normalized spacial score (nSPS) is 43.4. The van der Waals surface area contributed by atoms with Crippen LogP contribution < -0.4 is 5.32 Å². The molecule has 3 unspecified atom stereocenters. The molecular weight excluding hydrogens is 186 g/mol. The fourth-order valence-corrected chi connectivity index (χ4v) is 3.79. The summed E-state index contributed by atoms with van der Waals surface area (Å²) in [5.74, 6) is 0. The summed E-state index contributed by atoms with van der Waals surface area (Å²) in [6, 6.07) is 2.50. The van der Waals surface area contributed by atoms with Crippen LogP contribution in [0.3, 0.4) is 0 Å². The maximum Gasteiger partial charge on any atom is 0.0267 e. The molecule has 0 aromatic heterocycles. The van der Waals surface area contributed by atoms with Crippen LogP contribution in [-0.4, -0.2) is 60.6 Å². The van der Waals surface area contributed by atoms with Crippen LogP contribution in [0, 0.1) is 0 Å². The quantitative estimate of drug-likeness (QED) is 0.679. The number of fused-ring (bicyclic) bond motifs is 1. The van der Waals surface area contributed by atoms with Gasteiger partial charge in [0.25, 0.3) is 0 Å². The van der Waals surface area contributed by atoms with Crippen LogP contribution >= 0.6 is 0 Å². The SMILES string of the molecule is CC1CNCCN1C1CCN2CCCC12. The summed E-state index contributed by atoms with van der Waals surface area (Å²) in [5, 5.41) is 3.49. The van der Waals surface area contributed by atoms with Crippen LogP contribution in [0.1, 0.15) is 26.2 Å². The van der Waals surface area contributed by atoms with Crippen molar-refractivity contribution in [1.29, 1.82) is 0 Å². The average molecular weight is 209 g/mol. The number of rotatable bonds is 1. The van der Waals surface area contributed by atoms with Crippen molar-refractivity contribution in [2.45, 2.75) is 44.3 Å². The van der Waals surface area contributed by atoms with Crippen LogP contribution in [0.5, 0.6) is 0 Å². The third-order valence-electron chi connectivity index (χ3n) is 4.55. The summed E-state index contributed by atoms with van der Waals surface area (Å²) in [6.07, 6.45) is 4.29. The van der Waals surface area contributed by atoms with Crippen LogP contribution in [0.2, 0.25) is 0 Å². The van der Waals surface area contributed by atoms with Crippen LogP contribution in [0.25, 0.3) is 0 Å². The Labute approximate surface area is 92.8 Å². The number of hydrogen-bond acceptors (Lipinski definition) is 3. The summed E-state index contributed by atoms with van der Waals surface area (Å²) >= 11 is 0. The number of nitrogens with zero attached hydrogens (tertiary/aromatic N) is 2. The van der Waals surface area contributed by atoms with E-state index in [4.69, 9.17) is 0 Å². The fraction of sp³-hybridized carbons (Fsp3) is 1.00. The monoisotopic (exact) mass is 209 g/mol. The molecule has 86 valence electrons. The molecule has 0 spiro atoms. The van der Waals surface area contributed by atoms with Crippen molar-refractivity contribution in [3.63, 3.8) is 0 Å². The van der Waals surface area contributed by atoms with Gasteiger partial charge >= 0.3 is 0 Å². The first-order chi connectivity index (χ1) is 7.36. The second-order valence-corrected chi connectivity index (χ2v) is 5.39. The first-order valence-corrected chi connectivity index (χ1v) is 6.57. The van der Waals surface area contributed by atoms with E-state index in [9.17, 15) is 0 Å². The van der Waals surface area contributed by atoms with Crippen molar-refractivity contribution in [2.75, 3.05) is 32.7 Å². The van der Waals surface area contributed by atoms with Gasteiger partial charge in [-0.05, 0) is 32.7 Å². The molecule has 0 aromatic carbocycles. The third-order valence-corrected chi connectivity index (χ3v) is 4.55. The largest absolute Gasteiger partial charge is 0.314 e. The molecule has 3 atom stereocenters. The highest BCUT2D eigenvalue weighted by Crippen LogP contribution is 2.32. The molecule has 3 nitrogen and oxygen atoms in total.